The van der Waals surface area contributed by atoms with Crippen molar-refractivity contribution in [2.75, 3.05) is 20.1 Å². The molecule has 31 heavy (non-hydrogen) atoms. The largest absolute Gasteiger partial charge is 0.355 e. The Morgan fingerprint density at radius 2 is 1.90 bits per heavy atom. The fraction of sp³-hybridized carbons (Fsp3) is 0.292. The molecule has 2 aromatic carbocycles. The summed E-state index contributed by atoms with van der Waals surface area (Å²) in [5, 5.41) is 5.92. The summed E-state index contributed by atoms with van der Waals surface area (Å²) in [6.45, 7) is 4.23. The van der Waals surface area contributed by atoms with Gasteiger partial charge in [-0.15, -0.1) is 0 Å². The molecule has 1 amide bonds. The zero-order chi connectivity index (χ0) is 21.6. The normalized spacial score (nSPS) is 15.2. The standard InChI is InChI=1S/C24H24N4O2S/c1-24(13-26-14-24)10-9-20(29)17-7-8-19-21(11-17)31-23-27-18(12-28(19)23)15-3-5-16(6-4-15)22(30)25-2/h3-8,11-12,26H,9-10,13-14H2,1-2H3,(H,25,30). The zero-order valence-electron chi connectivity index (χ0n) is 17.6. The number of thiazole rings is 1. The molecule has 1 fully saturated rings. The topological polar surface area (TPSA) is 75.5 Å². The minimum absolute atomic E-state index is 0.104. The molecule has 3 heterocycles. The number of carbonyl (C=O) groups excluding carboxylic acids is 2. The smallest absolute Gasteiger partial charge is 0.251 e. The highest BCUT2D eigenvalue weighted by atomic mass is 32.1. The summed E-state index contributed by atoms with van der Waals surface area (Å²) in [5.74, 6) is 0.102. The van der Waals surface area contributed by atoms with Gasteiger partial charge in [0.15, 0.2) is 10.7 Å². The summed E-state index contributed by atoms with van der Waals surface area (Å²) in [6, 6.07) is 13.4. The number of imidazole rings is 1. The van der Waals surface area contributed by atoms with Crippen LogP contribution in [0.5, 0.6) is 0 Å². The van der Waals surface area contributed by atoms with E-state index in [-0.39, 0.29) is 17.1 Å². The minimum atomic E-state index is -0.104. The Labute approximate surface area is 184 Å². The second kappa shape index (κ2) is 7.59. The first-order chi connectivity index (χ1) is 15.0. The molecule has 7 heteroatoms. The van der Waals surface area contributed by atoms with Crippen LogP contribution < -0.4 is 10.6 Å². The maximum Gasteiger partial charge on any atom is 0.251 e. The molecule has 1 saturated heterocycles. The third kappa shape index (κ3) is 3.64. The Hall–Kier alpha value is -3.03. The van der Waals surface area contributed by atoms with Crippen molar-refractivity contribution in [3.63, 3.8) is 0 Å². The molecule has 0 spiro atoms. The molecular formula is C24H24N4O2S. The van der Waals surface area contributed by atoms with Crippen LogP contribution in [0.1, 0.15) is 40.5 Å². The molecular weight excluding hydrogens is 408 g/mol. The van der Waals surface area contributed by atoms with E-state index in [1.54, 1.807) is 30.5 Å². The van der Waals surface area contributed by atoms with Crippen molar-refractivity contribution in [1.29, 1.82) is 0 Å². The molecule has 0 radical (unpaired) electrons. The third-order valence-electron chi connectivity index (χ3n) is 6.15. The number of amides is 1. The van der Waals surface area contributed by atoms with Crippen molar-refractivity contribution in [2.45, 2.75) is 19.8 Å². The molecule has 0 bridgehead atoms. The molecule has 158 valence electrons. The van der Waals surface area contributed by atoms with Gasteiger partial charge in [0.05, 0.1) is 15.9 Å². The van der Waals surface area contributed by atoms with Gasteiger partial charge in [-0.25, -0.2) is 4.98 Å². The molecule has 5 rings (SSSR count). The Morgan fingerprint density at radius 1 is 1.16 bits per heavy atom. The first kappa shape index (κ1) is 19.9. The summed E-state index contributed by atoms with van der Waals surface area (Å²) < 4.78 is 3.13. The Bertz CT molecular complexity index is 1300. The maximum atomic E-state index is 12.7. The van der Waals surface area contributed by atoms with Gasteiger partial charge in [-0.2, -0.15) is 0 Å². The van der Waals surface area contributed by atoms with E-state index in [0.29, 0.717) is 12.0 Å². The van der Waals surface area contributed by atoms with Gasteiger partial charge in [0.1, 0.15) is 0 Å². The first-order valence-corrected chi connectivity index (χ1v) is 11.3. The quantitative estimate of drug-likeness (QED) is 0.449. The number of hydrogen-bond donors (Lipinski definition) is 2. The van der Waals surface area contributed by atoms with Crippen LogP contribution in [0, 0.1) is 5.41 Å². The lowest BCUT2D eigenvalue weighted by Gasteiger charge is -2.39. The van der Waals surface area contributed by atoms with E-state index in [9.17, 15) is 9.59 Å². The van der Waals surface area contributed by atoms with E-state index in [2.05, 4.69) is 22.0 Å². The van der Waals surface area contributed by atoms with E-state index >= 15 is 0 Å². The lowest BCUT2D eigenvalue weighted by atomic mass is 9.79. The van der Waals surface area contributed by atoms with Crippen LogP contribution >= 0.6 is 11.3 Å². The summed E-state index contributed by atoms with van der Waals surface area (Å²) >= 11 is 1.59. The number of fused-ring (bicyclic) bond motifs is 3. The predicted molar refractivity (Wildman–Crippen MR) is 124 cm³/mol. The molecule has 6 nitrogen and oxygen atoms in total. The molecule has 1 aliphatic heterocycles. The van der Waals surface area contributed by atoms with Crippen molar-refractivity contribution >= 4 is 38.2 Å². The average molecular weight is 433 g/mol. The number of carbonyl (C=O) groups is 2. The van der Waals surface area contributed by atoms with Crippen LogP contribution in [0.4, 0.5) is 0 Å². The Kier molecular flexibility index (Phi) is 4.87. The maximum absolute atomic E-state index is 12.7. The number of rotatable bonds is 6. The first-order valence-electron chi connectivity index (χ1n) is 10.4. The van der Waals surface area contributed by atoms with E-state index < -0.39 is 0 Å². The molecule has 0 unspecified atom stereocenters. The lowest BCUT2D eigenvalue weighted by Crippen LogP contribution is -2.51. The van der Waals surface area contributed by atoms with E-state index in [0.717, 1.165) is 51.5 Å². The second-order valence-electron chi connectivity index (χ2n) is 8.56. The average Bonchev–Trinajstić information content (AvgIpc) is 3.33. The van der Waals surface area contributed by atoms with Gasteiger partial charge >= 0.3 is 0 Å². The third-order valence-corrected chi connectivity index (χ3v) is 7.16. The van der Waals surface area contributed by atoms with Crippen LogP contribution in [0.3, 0.4) is 0 Å². The van der Waals surface area contributed by atoms with Gasteiger partial charge in [-0.3, -0.25) is 14.0 Å². The number of ketones is 1. The highest BCUT2D eigenvalue weighted by Gasteiger charge is 2.31. The van der Waals surface area contributed by atoms with Gasteiger partial charge < -0.3 is 10.6 Å². The monoisotopic (exact) mass is 432 g/mol. The van der Waals surface area contributed by atoms with Crippen molar-refractivity contribution in [3.05, 3.63) is 59.8 Å². The van der Waals surface area contributed by atoms with Crippen LogP contribution in [0.15, 0.2) is 48.7 Å². The zero-order valence-corrected chi connectivity index (χ0v) is 18.4. The van der Waals surface area contributed by atoms with Crippen molar-refractivity contribution in [3.8, 4) is 11.3 Å². The molecule has 0 atom stereocenters. The van der Waals surface area contributed by atoms with Crippen molar-refractivity contribution < 1.29 is 9.59 Å². The highest BCUT2D eigenvalue weighted by molar-refractivity contribution is 7.23. The number of nitrogens with one attached hydrogen (secondary N) is 2. The molecule has 0 saturated carbocycles. The van der Waals surface area contributed by atoms with Gasteiger partial charge in [0, 0.05) is 49.4 Å². The lowest BCUT2D eigenvalue weighted by molar-refractivity contribution is 0.0933. The Morgan fingerprint density at radius 3 is 2.58 bits per heavy atom. The van der Waals surface area contributed by atoms with E-state index in [4.69, 9.17) is 4.98 Å². The number of aromatic nitrogens is 2. The van der Waals surface area contributed by atoms with Crippen LogP contribution in [0.2, 0.25) is 0 Å². The van der Waals surface area contributed by atoms with Crippen molar-refractivity contribution in [1.82, 2.24) is 20.0 Å². The van der Waals surface area contributed by atoms with Crippen LogP contribution in [-0.4, -0.2) is 41.2 Å². The number of Topliss-reactive ketones (excluding diaryl/α,β-unsaturated/α-hetero) is 1. The van der Waals surface area contributed by atoms with Gasteiger partial charge in [-0.05, 0) is 42.2 Å². The summed E-state index contributed by atoms with van der Waals surface area (Å²) in [4.78, 5) is 30.1. The fourth-order valence-electron chi connectivity index (χ4n) is 4.04. The Balaban J connectivity index is 1.39. The molecule has 2 aromatic heterocycles. The summed E-state index contributed by atoms with van der Waals surface area (Å²) in [5.41, 5.74) is 4.53. The van der Waals surface area contributed by atoms with Crippen LogP contribution in [0.25, 0.3) is 26.4 Å². The van der Waals surface area contributed by atoms with Gasteiger partial charge in [0.25, 0.3) is 5.91 Å². The van der Waals surface area contributed by atoms with Gasteiger partial charge in [0.2, 0.25) is 0 Å². The molecule has 1 aliphatic rings. The number of hydrogen-bond acceptors (Lipinski definition) is 5. The number of benzene rings is 2. The predicted octanol–water partition coefficient (Wildman–Crippen LogP) is 4.15. The fourth-order valence-corrected chi connectivity index (χ4v) is 5.09. The van der Waals surface area contributed by atoms with Crippen LogP contribution in [-0.2, 0) is 0 Å². The van der Waals surface area contributed by atoms with E-state index in [1.807, 2.05) is 36.5 Å². The summed E-state index contributed by atoms with van der Waals surface area (Å²) in [7, 11) is 1.62. The van der Waals surface area contributed by atoms with E-state index in [1.165, 1.54) is 0 Å². The molecule has 2 N–H and O–H groups in total. The van der Waals surface area contributed by atoms with Gasteiger partial charge in [-0.1, -0.05) is 30.4 Å². The SMILES string of the molecule is CNC(=O)c1ccc(-c2cn3c(n2)sc2cc(C(=O)CCC4(C)CNC4)ccc23)cc1. The second-order valence-corrected chi connectivity index (χ2v) is 9.57. The van der Waals surface area contributed by atoms with Crippen molar-refractivity contribution in [2.24, 2.45) is 5.41 Å². The minimum Gasteiger partial charge on any atom is -0.355 e. The highest BCUT2D eigenvalue weighted by Crippen LogP contribution is 2.32. The summed E-state index contributed by atoms with van der Waals surface area (Å²) in [6.07, 6.45) is 3.52. The molecule has 0 aliphatic carbocycles. The molecule has 4 aromatic rings. The number of nitrogens with zero attached hydrogens (tertiary/aromatic N) is 2.